The number of aliphatic hydroxyl groups excluding tert-OH is 1. The largest absolute Gasteiger partial charge is 0.392 e. The van der Waals surface area contributed by atoms with Crippen molar-refractivity contribution in [1.29, 1.82) is 0 Å². The first-order chi connectivity index (χ1) is 7.38. The normalized spacial score (nSPS) is 20.2. The number of benzene rings is 1. The van der Waals surface area contributed by atoms with Gasteiger partial charge in [-0.15, -0.1) is 0 Å². The maximum Gasteiger partial charge on any atom is 0.0682 e. The Morgan fingerprint density at radius 1 is 1.33 bits per heavy atom. The fourth-order valence-electron chi connectivity index (χ4n) is 2.63. The predicted molar refractivity (Wildman–Crippen MR) is 61.1 cm³/mol. The second-order valence-corrected chi connectivity index (χ2v) is 4.65. The Balaban J connectivity index is 1.92. The summed E-state index contributed by atoms with van der Waals surface area (Å²) in [6.07, 6.45) is 5.26. The first-order valence-electron chi connectivity index (χ1n) is 5.88. The molecule has 0 unspecified atom stereocenters. The summed E-state index contributed by atoms with van der Waals surface area (Å²) in [4.78, 5) is 2.54. The van der Waals surface area contributed by atoms with Crippen LogP contribution >= 0.6 is 0 Å². The van der Waals surface area contributed by atoms with Gasteiger partial charge >= 0.3 is 0 Å². The van der Waals surface area contributed by atoms with E-state index >= 15 is 0 Å². The van der Waals surface area contributed by atoms with Crippen LogP contribution in [0.5, 0.6) is 0 Å². The molecule has 0 bridgehead atoms. The van der Waals surface area contributed by atoms with E-state index in [4.69, 9.17) is 5.11 Å². The van der Waals surface area contributed by atoms with Crippen molar-refractivity contribution >= 4 is 5.69 Å². The minimum atomic E-state index is 0.159. The third-order valence-corrected chi connectivity index (χ3v) is 3.78. The van der Waals surface area contributed by atoms with Crippen molar-refractivity contribution < 1.29 is 5.11 Å². The smallest absolute Gasteiger partial charge is 0.0682 e. The molecule has 0 aromatic heterocycles. The maximum atomic E-state index is 9.15. The van der Waals surface area contributed by atoms with Gasteiger partial charge in [0.2, 0.25) is 0 Å². The van der Waals surface area contributed by atoms with Gasteiger partial charge in [-0.05, 0) is 42.9 Å². The van der Waals surface area contributed by atoms with Gasteiger partial charge in [-0.25, -0.2) is 0 Å². The Kier molecular flexibility index (Phi) is 2.17. The van der Waals surface area contributed by atoms with Crippen LogP contribution in [0.3, 0.4) is 0 Å². The van der Waals surface area contributed by atoms with Gasteiger partial charge in [0.1, 0.15) is 0 Å². The van der Waals surface area contributed by atoms with Crippen LogP contribution in [0.25, 0.3) is 0 Å². The molecule has 0 radical (unpaired) electrons. The summed E-state index contributed by atoms with van der Waals surface area (Å²) in [6, 6.07) is 7.17. The predicted octanol–water partition coefficient (Wildman–Crippen LogP) is 2.09. The molecule has 1 aliphatic heterocycles. The second kappa shape index (κ2) is 3.53. The molecule has 15 heavy (non-hydrogen) atoms. The standard InChI is InChI=1S/C13H17NO/c15-9-10-4-5-11-6-7-14(13(11)8-10)12-2-1-3-12/h4-5,8,12,15H,1-3,6-7,9H2. The minimum Gasteiger partial charge on any atom is -0.392 e. The molecule has 1 fully saturated rings. The third kappa shape index (κ3) is 1.44. The van der Waals surface area contributed by atoms with Gasteiger partial charge in [-0.1, -0.05) is 12.1 Å². The number of rotatable bonds is 2. The molecule has 0 atom stereocenters. The molecular formula is C13H17NO. The van der Waals surface area contributed by atoms with E-state index in [2.05, 4.69) is 17.0 Å². The summed E-state index contributed by atoms with van der Waals surface area (Å²) in [5, 5.41) is 9.15. The van der Waals surface area contributed by atoms with Crippen LogP contribution in [-0.4, -0.2) is 17.7 Å². The number of aliphatic hydroxyl groups is 1. The molecule has 1 N–H and O–H groups in total. The molecule has 3 rings (SSSR count). The number of fused-ring (bicyclic) bond motifs is 1. The lowest BCUT2D eigenvalue weighted by atomic mass is 9.91. The molecule has 1 aromatic rings. The molecule has 2 nitrogen and oxygen atoms in total. The van der Waals surface area contributed by atoms with Crippen molar-refractivity contribution in [3.8, 4) is 0 Å². The van der Waals surface area contributed by atoms with E-state index in [0.717, 1.165) is 11.6 Å². The number of nitrogens with zero attached hydrogens (tertiary/aromatic N) is 1. The first kappa shape index (κ1) is 9.22. The quantitative estimate of drug-likeness (QED) is 0.795. The molecule has 1 aromatic carbocycles. The molecule has 1 heterocycles. The third-order valence-electron chi connectivity index (χ3n) is 3.78. The van der Waals surface area contributed by atoms with E-state index in [1.165, 1.54) is 43.5 Å². The van der Waals surface area contributed by atoms with E-state index in [0.29, 0.717) is 0 Å². The molecule has 0 saturated heterocycles. The Morgan fingerprint density at radius 3 is 2.87 bits per heavy atom. The summed E-state index contributed by atoms with van der Waals surface area (Å²) < 4.78 is 0. The number of hydrogen-bond acceptors (Lipinski definition) is 2. The van der Waals surface area contributed by atoms with Gasteiger partial charge in [0.05, 0.1) is 6.61 Å². The van der Waals surface area contributed by atoms with Crippen LogP contribution in [-0.2, 0) is 13.0 Å². The van der Waals surface area contributed by atoms with E-state index < -0.39 is 0 Å². The summed E-state index contributed by atoms with van der Waals surface area (Å²) in [5.74, 6) is 0. The van der Waals surface area contributed by atoms with Crippen LogP contribution in [0, 0.1) is 0 Å². The van der Waals surface area contributed by atoms with Crippen molar-refractivity contribution in [3.05, 3.63) is 29.3 Å². The summed E-state index contributed by atoms with van der Waals surface area (Å²) in [7, 11) is 0. The van der Waals surface area contributed by atoms with Gasteiger partial charge in [0.15, 0.2) is 0 Å². The van der Waals surface area contributed by atoms with Gasteiger partial charge in [-0.3, -0.25) is 0 Å². The van der Waals surface area contributed by atoms with Crippen LogP contribution in [0.2, 0.25) is 0 Å². The van der Waals surface area contributed by atoms with Gasteiger partial charge in [0, 0.05) is 18.3 Å². The zero-order chi connectivity index (χ0) is 10.3. The zero-order valence-electron chi connectivity index (χ0n) is 8.95. The fraction of sp³-hybridized carbons (Fsp3) is 0.538. The molecule has 1 aliphatic carbocycles. The topological polar surface area (TPSA) is 23.5 Å². The highest BCUT2D eigenvalue weighted by Gasteiger charge is 2.29. The van der Waals surface area contributed by atoms with Crippen LogP contribution in [0.4, 0.5) is 5.69 Å². The van der Waals surface area contributed by atoms with E-state index in [1.54, 1.807) is 0 Å². The maximum absolute atomic E-state index is 9.15. The van der Waals surface area contributed by atoms with Gasteiger partial charge in [-0.2, -0.15) is 0 Å². The fourth-order valence-corrected chi connectivity index (χ4v) is 2.63. The van der Waals surface area contributed by atoms with Crippen molar-refractivity contribution in [1.82, 2.24) is 0 Å². The zero-order valence-corrected chi connectivity index (χ0v) is 8.95. The van der Waals surface area contributed by atoms with Gasteiger partial charge in [0.25, 0.3) is 0 Å². The lowest BCUT2D eigenvalue weighted by Gasteiger charge is -2.36. The van der Waals surface area contributed by atoms with Crippen molar-refractivity contribution in [2.45, 2.75) is 38.3 Å². The summed E-state index contributed by atoms with van der Waals surface area (Å²) in [5.41, 5.74) is 3.88. The molecular weight excluding hydrogens is 186 g/mol. The first-order valence-corrected chi connectivity index (χ1v) is 5.88. The lowest BCUT2D eigenvalue weighted by Crippen LogP contribution is -2.38. The second-order valence-electron chi connectivity index (χ2n) is 4.65. The highest BCUT2D eigenvalue weighted by atomic mass is 16.3. The Hall–Kier alpha value is -1.02. The molecule has 2 heteroatoms. The molecule has 80 valence electrons. The highest BCUT2D eigenvalue weighted by Crippen LogP contribution is 2.36. The average molecular weight is 203 g/mol. The molecule has 2 aliphatic rings. The SMILES string of the molecule is OCc1ccc2c(c1)N(C1CCC1)CC2. The van der Waals surface area contributed by atoms with Crippen molar-refractivity contribution in [2.75, 3.05) is 11.4 Å². The Labute approximate surface area is 90.5 Å². The van der Waals surface area contributed by atoms with E-state index in [-0.39, 0.29) is 6.61 Å². The van der Waals surface area contributed by atoms with Crippen LogP contribution in [0.15, 0.2) is 18.2 Å². The average Bonchev–Trinajstić information content (AvgIpc) is 2.59. The van der Waals surface area contributed by atoms with E-state index in [1.807, 2.05) is 6.07 Å². The minimum absolute atomic E-state index is 0.159. The van der Waals surface area contributed by atoms with E-state index in [9.17, 15) is 0 Å². The molecule has 0 spiro atoms. The van der Waals surface area contributed by atoms with Crippen LogP contribution < -0.4 is 4.90 Å². The van der Waals surface area contributed by atoms with Crippen molar-refractivity contribution in [3.63, 3.8) is 0 Å². The Bertz CT molecular complexity index is 371. The molecule has 0 amide bonds. The Morgan fingerprint density at radius 2 is 2.20 bits per heavy atom. The summed E-state index contributed by atoms with van der Waals surface area (Å²) in [6.45, 7) is 1.33. The van der Waals surface area contributed by atoms with Crippen LogP contribution in [0.1, 0.15) is 30.4 Å². The lowest BCUT2D eigenvalue weighted by molar-refractivity contribution is 0.282. The van der Waals surface area contributed by atoms with Gasteiger partial charge < -0.3 is 10.0 Å². The number of anilines is 1. The highest BCUT2D eigenvalue weighted by molar-refractivity contribution is 5.60. The van der Waals surface area contributed by atoms with Crippen molar-refractivity contribution in [2.24, 2.45) is 0 Å². The summed E-state index contributed by atoms with van der Waals surface area (Å²) >= 11 is 0. The molecule has 1 saturated carbocycles. The monoisotopic (exact) mass is 203 g/mol. The number of hydrogen-bond donors (Lipinski definition) is 1.